The third kappa shape index (κ3) is 5.37. The monoisotopic (exact) mass is 542 g/mol. The van der Waals surface area contributed by atoms with Crippen molar-refractivity contribution in [1.82, 2.24) is 19.9 Å². The highest BCUT2D eigenvalue weighted by atomic mass is 19.3. The van der Waals surface area contributed by atoms with Crippen molar-refractivity contribution in [1.29, 1.82) is 0 Å². The fourth-order valence-corrected chi connectivity index (χ4v) is 4.84. The van der Waals surface area contributed by atoms with Gasteiger partial charge in [0, 0.05) is 54.9 Å². The SMILES string of the molecule is C=C/C(=C\C(=C/C)c1cnc2c(c1F)=C(C(=C)Nc1ccnc(-c3ccccn3)c1C)N=2)CN1CCC(F)(F)C1. The van der Waals surface area contributed by atoms with Crippen LogP contribution in [0.25, 0.3) is 22.7 Å². The first-order valence-corrected chi connectivity index (χ1v) is 12.9. The van der Waals surface area contributed by atoms with E-state index in [1.807, 2.05) is 31.2 Å². The number of alkyl halides is 2. The molecule has 0 bridgehead atoms. The summed E-state index contributed by atoms with van der Waals surface area (Å²) in [5.74, 6) is -3.16. The molecule has 1 fully saturated rings. The van der Waals surface area contributed by atoms with E-state index in [2.05, 4.69) is 38.4 Å². The largest absolute Gasteiger partial charge is 0.354 e. The van der Waals surface area contributed by atoms with E-state index < -0.39 is 11.7 Å². The van der Waals surface area contributed by atoms with Crippen LogP contribution in [-0.4, -0.2) is 45.4 Å². The molecule has 3 aromatic rings. The molecule has 0 unspecified atom stereocenters. The van der Waals surface area contributed by atoms with Crippen LogP contribution < -0.4 is 16.0 Å². The van der Waals surface area contributed by atoms with Gasteiger partial charge < -0.3 is 5.32 Å². The van der Waals surface area contributed by atoms with Crippen LogP contribution in [0.5, 0.6) is 0 Å². The van der Waals surface area contributed by atoms with Gasteiger partial charge in [0.15, 0.2) is 5.49 Å². The molecule has 9 heteroatoms. The average Bonchev–Trinajstić information content (AvgIpc) is 3.27. The summed E-state index contributed by atoms with van der Waals surface area (Å²) in [5, 5.41) is 3.52. The smallest absolute Gasteiger partial charge is 0.261 e. The molecule has 0 aliphatic carbocycles. The predicted octanol–water partition coefficient (Wildman–Crippen LogP) is 5.21. The number of allylic oxidation sites excluding steroid dienone is 3. The van der Waals surface area contributed by atoms with Crippen LogP contribution >= 0.6 is 0 Å². The van der Waals surface area contributed by atoms with E-state index in [1.165, 1.54) is 6.20 Å². The lowest BCUT2D eigenvalue weighted by Crippen LogP contribution is -2.42. The van der Waals surface area contributed by atoms with Crippen LogP contribution in [0.4, 0.5) is 18.9 Å². The van der Waals surface area contributed by atoms with Crippen LogP contribution in [0.15, 0.2) is 90.5 Å². The van der Waals surface area contributed by atoms with Crippen LogP contribution in [-0.2, 0) is 0 Å². The maximum Gasteiger partial charge on any atom is 0.261 e. The summed E-state index contributed by atoms with van der Waals surface area (Å²) in [6, 6.07) is 7.43. The van der Waals surface area contributed by atoms with Crippen molar-refractivity contribution >= 4 is 17.0 Å². The Balaban J connectivity index is 1.42. The van der Waals surface area contributed by atoms with E-state index in [9.17, 15) is 8.78 Å². The number of nitrogens with one attached hydrogen (secondary N) is 1. The van der Waals surface area contributed by atoms with Gasteiger partial charge in [-0.2, -0.15) is 0 Å². The fourth-order valence-electron chi connectivity index (χ4n) is 4.84. The standard InChI is InChI=1S/C31H29F3N6/c1-5-21(17-40-14-11-31(33,34)18-40)15-22(6-2)23-16-37-30-26(27(23)32)29(39-30)20(4)38-24-10-13-36-28(19(24)3)25-9-7-8-12-35-25/h5-10,12-13,15-16H,1,4,11,14,17-18H2,2-3H3,(H,36,38)/b21-15+,22-6+. The van der Waals surface area contributed by atoms with E-state index in [0.29, 0.717) is 41.1 Å². The summed E-state index contributed by atoms with van der Waals surface area (Å²) in [7, 11) is 0. The molecule has 40 heavy (non-hydrogen) atoms. The van der Waals surface area contributed by atoms with Crippen molar-refractivity contribution in [2.45, 2.75) is 26.2 Å². The molecule has 0 spiro atoms. The van der Waals surface area contributed by atoms with Crippen molar-refractivity contribution < 1.29 is 13.2 Å². The van der Waals surface area contributed by atoms with Gasteiger partial charge in [-0.15, -0.1) is 0 Å². The van der Waals surface area contributed by atoms with Crippen LogP contribution in [0, 0.1) is 12.7 Å². The molecular weight excluding hydrogens is 513 g/mol. The quantitative estimate of drug-likeness (QED) is 0.376. The van der Waals surface area contributed by atoms with E-state index in [1.54, 1.807) is 42.4 Å². The second-order valence-corrected chi connectivity index (χ2v) is 9.78. The van der Waals surface area contributed by atoms with Crippen molar-refractivity contribution in [3.8, 4) is 11.4 Å². The highest BCUT2D eigenvalue weighted by Crippen LogP contribution is 2.29. The predicted molar refractivity (Wildman–Crippen MR) is 151 cm³/mol. The van der Waals surface area contributed by atoms with Crippen molar-refractivity contribution in [3.05, 3.63) is 113 Å². The average molecular weight is 543 g/mol. The summed E-state index contributed by atoms with van der Waals surface area (Å²) in [4.78, 5) is 19.2. The Bertz CT molecular complexity index is 1680. The van der Waals surface area contributed by atoms with Gasteiger partial charge in [0.1, 0.15) is 11.5 Å². The minimum Gasteiger partial charge on any atom is -0.354 e. The highest BCUT2D eigenvalue weighted by molar-refractivity contribution is 5.78. The summed E-state index contributed by atoms with van der Waals surface area (Å²) < 4.78 is 43.2. The summed E-state index contributed by atoms with van der Waals surface area (Å²) in [6.45, 7) is 11.9. The topological polar surface area (TPSA) is 66.3 Å². The third-order valence-corrected chi connectivity index (χ3v) is 7.01. The first-order chi connectivity index (χ1) is 19.2. The first-order valence-electron chi connectivity index (χ1n) is 12.9. The van der Waals surface area contributed by atoms with Crippen LogP contribution in [0.3, 0.4) is 0 Å². The highest BCUT2D eigenvalue weighted by Gasteiger charge is 2.38. The molecule has 2 aliphatic heterocycles. The number of fused-ring (bicyclic) bond motifs is 1. The normalized spacial score (nSPS) is 16.7. The van der Waals surface area contributed by atoms with Crippen molar-refractivity contribution in [3.63, 3.8) is 0 Å². The molecule has 0 radical (unpaired) electrons. The lowest BCUT2D eigenvalue weighted by Gasteiger charge is -2.18. The van der Waals surface area contributed by atoms with Crippen molar-refractivity contribution in [2.24, 2.45) is 4.99 Å². The Morgan fingerprint density at radius 3 is 2.67 bits per heavy atom. The van der Waals surface area contributed by atoms with Gasteiger partial charge in [0.2, 0.25) is 0 Å². The fraction of sp³-hybridized carbons (Fsp3) is 0.226. The molecule has 2 aliphatic rings. The van der Waals surface area contributed by atoms with E-state index in [-0.39, 0.29) is 23.7 Å². The molecule has 5 heterocycles. The number of hydrogen-bond donors (Lipinski definition) is 1. The number of nitrogens with zero attached hydrogens (tertiary/aromatic N) is 5. The Hall–Kier alpha value is -4.37. The number of pyridine rings is 3. The Kier molecular flexibility index (Phi) is 7.49. The Labute approximate surface area is 230 Å². The first kappa shape index (κ1) is 27.2. The van der Waals surface area contributed by atoms with Gasteiger partial charge in [-0.25, -0.2) is 23.1 Å². The third-order valence-electron chi connectivity index (χ3n) is 7.01. The number of anilines is 1. The lowest BCUT2D eigenvalue weighted by molar-refractivity contribution is 0.0131. The van der Waals surface area contributed by atoms with Crippen LogP contribution in [0.1, 0.15) is 24.5 Å². The van der Waals surface area contributed by atoms with Gasteiger partial charge in [-0.3, -0.25) is 14.9 Å². The van der Waals surface area contributed by atoms with Gasteiger partial charge in [-0.05, 0) is 43.2 Å². The van der Waals surface area contributed by atoms with Gasteiger partial charge in [0.05, 0.1) is 28.8 Å². The van der Waals surface area contributed by atoms with E-state index in [0.717, 1.165) is 22.6 Å². The van der Waals surface area contributed by atoms with Gasteiger partial charge >= 0.3 is 0 Å². The zero-order chi connectivity index (χ0) is 28.4. The summed E-state index contributed by atoms with van der Waals surface area (Å²) >= 11 is 0. The maximum atomic E-state index is 15.9. The second kappa shape index (κ2) is 11.0. The van der Waals surface area contributed by atoms with Gasteiger partial charge in [0.25, 0.3) is 5.92 Å². The summed E-state index contributed by atoms with van der Waals surface area (Å²) in [5.41, 5.74) is 5.74. The maximum absolute atomic E-state index is 15.9. The molecule has 0 aromatic carbocycles. The molecule has 0 amide bonds. The van der Waals surface area contributed by atoms with E-state index in [4.69, 9.17) is 0 Å². The number of likely N-dealkylation sites (tertiary alicyclic amines) is 1. The molecule has 5 rings (SSSR count). The number of hydrogen-bond acceptors (Lipinski definition) is 6. The minimum absolute atomic E-state index is 0.166. The molecule has 3 aromatic heterocycles. The molecule has 6 nitrogen and oxygen atoms in total. The molecule has 1 saturated heterocycles. The minimum atomic E-state index is -2.69. The molecule has 204 valence electrons. The van der Waals surface area contributed by atoms with Gasteiger partial charge in [-0.1, -0.05) is 37.5 Å². The Morgan fingerprint density at radius 2 is 2.00 bits per heavy atom. The zero-order valence-corrected chi connectivity index (χ0v) is 22.4. The number of rotatable bonds is 9. The molecular formula is C31H29F3N6. The molecule has 0 saturated carbocycles. The summed E-state index contributed by atoms with van der Waals surface area (Å²) in [6.07, 6.45) is 9.79. The number of halogens is 3. The Morgan fingerprint density at radius 1 is 1.18 bits per heavy atom. The van der Waals surface area contributed by atoms with E-state index >= 15 is 4.39 Å². The van der Waals surface area contributed by atoms with Crippen molar-refractivity contribution in [2.75, 3.05) is 25.0 Å². The van der Waals surface area contributed by atoms with Crippen LogP contribution in [0.2, 0.25) is 0 Å². The lowest BCUT2D eigenvalue weighted by atomic mass is 10.0. The zero-order valence-electron chi connectivity index (χ0n) is 22.4. The number of aromatic nitrogens is 3. The second-order valence-electron chi connectivity index (χ2n) is 9.78. The molecule has 1 N–H and O–H groups in total. The molecule has 0 atom stereocenters.